The van der Waals surface area contributed by atoms with E-state index >= 15 is 0 Å². The average Bonchev–Trinajstić information content (AvgIpc) is 3.02. The summed E-state index contributed by atoms with van der Waals surface area (Å²) in [5, 5.41) is 6.47. The molecule has 2 aliphatic heterocycles. The topological polar surface area (TPSA) is 57.3 Å². The number of aromatic nitrogens is 1. The molecule has 0 aliphatic carbocycles. The van der Waals surface area contributed by atoms with Crippen molar-refractivity contribution < 1.29 is 4.79 Å². The fourth-order valence-corrected chi connectivity index (χ4v) is 2.98. The highest BCUT2D eigenvalue weighted by atomic mass is 35.5. The molecule has 1 aromatic heterocycles. The SMILES string of the molecule is Cl.Cl.O=C(NC1CCNCC1)c1cccnc1N1CCCC1. The monoisotopic (exact) mass is 346 g/mol. The Balaban J connectivity index is 0.00000121. The Kier molecular flexibility index (Phi) is 7.93. The first-order chi connectivity index (χ1) is 9.84. The van der Waals surface area contributed by atoms with E-state index in [1.165, 1.54) is 12.8 Å². The number of carbonyl (C=O) groups excluding carboxylic acids is 1. The van der Waals surface area contributed by atoms with Gasteiger partial charge in [0.2, 0.25) is 0 Å². The second-order valence-corrected chi connectivity index (χ2v) is 5.57. The molecule has 0 bridgehead atoms. The maximum atomic E-state index is 12.5. The lowest BCUT2D eigenvalue weighted by molar-refractivity contribution is 0.0930. The number of carbonyl (C=O) groups is 1. The number of rotatable bonds is 3. The van der Waals surface area contributed by atoms with E-state index in [0.29, 0.717) is 5.56 Å². The van der Waals surface area contributed by atoms with Gasteiger partial charge in [-0.25, -0.2) is 4.98 Å². The lowest BCUT2D eigenvalue weighted by Gasteiger charge is -2.25. The summed E-state index contributed by atoms with van der Waals surface area (Å²) < 4.78 is 0. The number of nitrogens with one attached hydrogen (secondary N) is 2. The van der Waals surface area contributed by atoms with E-state index in [2.05, 4.69) is 20.5 Å². The number of amides is 1. The zero-order valence-corrected chi connectivity index (χ0v) is 14.2. The molecule has 0 unspecified atom stereocenters. The predicted octanol–water partition coefficient (Wildman–Crippen LogP) is 2.01. The first-order valence-electron chi connectivity index (χ1n) is 7.56. The van der Waals surface area contributed by atoms with Crippen LogP contribution in [-0.2, 0) is 0 Å². The van der Waals surface area contributed by atoms with Gasteiger partial charge in [0, 0.05) is 25.3 Å². The average molecular weight is 347 g/mol. The molecule has 1 amide bonds. The number of nitrogens with zero attached hydrogens (tertiary/aromatic N) is 2. The van der Waals surface area contributed by atoms with Gasteiger partial charge in [0.15, 0.2) is 0 Å². The number of halogens is 2. The molecule has 0 atom stereocenters. The maximum absolute atomic E-state index is 12.5. The minimum Gasteiger partial charge on any atom is -0.356 e. The predicted molar refractivity (Wildman–Crippen MR) is 93.5 cm³/mol. The molecule has 3 rings (SSSR count). The molecule has 0 spiro atoms. The molecule has 2 aliphatic rings. The van der Waals surface area contributed by atoms with E-state index in [4.69, 9.17) is 0 Å². The van der Waals surface area contributed by atoms with Crippen LogP contribution in [-0.4, -0.2) is 43.1 Å². The zero-order valence-electron chi connectivity index (χ0n) is 12.6. The summed E-state index contributed by atoms with van der Waals surface area (Å²) in [7, 11) is 0. The molecule has 22 heavy (non-hydrogen) atoms. The van der Waals surface area contributed by atoms with Gasteiger partial charge in [0.05, 0.1) is 5.56 Å². The molecular formula is C15H24Cl2N4O. The van der Waals surface area contributed by atoms with Crippen molar-refractivity contribution >= 4 is 36.5 Å². The van der Waals surface area contributed by atoms with Gasteiger partial charge < -0.3 is 15.5 Å². The third-order valence-electron chi connectivity index (χ3n) is 4.11. The Bertz CT molecular complexity index is 474. The summed E-state index contributed by atoms with van der Waals surface area (Å²) in [4.78, 5) is 19.1. The third-order valence-corrected chi connectivity index (χ3v) is 4.11. The highest BCUT2D eigenvalue weighted by Crippen LogP contribution is 2.22. The third kappa shape index (κ3) is 4.48. The van der Waals surface area contributed by atoms with Crippen molar-refractivity contribution in [1.82, 2.24) is 15.6 Å². The van der Waals surface area contributed by atoms with Gasteiger partial charge in [-0.05, 0) is 50.9 Å². The molecule has 7 heteroatoms. The van der Waals surface area contributed by atoms with Gasteiger partial charge in [0.25, 0.3) is 5.91 Å². The smallest absolute Gasteiger partial charge is 0.255 e. The van der Waals surface area contributed by atoms with Crippen molar-refractivity contribution in [3.63, 3.8) is 0 Å². The second-order valence-electron chi connectivity index (χ2n) is 5.57. The van der Waals surface area contributed by atoms with E-state index in [1.807, 2.05) is 12.1 Å². The van der Waals surface area contributed by atoms with Crippen molar-refractivity contribution in [2.75, 3.05) is 31.1 Å². The van der Waals surface area contributed by atoms with Crippen LogP contribution in [0, 0.1) is 0 Å². The molecule has 5 nitrogen and oxygen atoms in total. The summed E-state index contributed by atoms with van der Waals surface area (Å²) in [6, 6.07) is 4.02. The van der Waals surface area contributed by atoms with E-state index < -0.39 is 0 Å². The minimum absolute atomic E-state index is 0. The molecule has 124 valence electrons. The van der Waals surface area contributed by atoms with Crippen LogP contribution < -0.4 is 15.5 Å². The van der Waals surface area contributed by atoms with Crippen molar-refractivity contribution in [1.29, 1.82) is 0 Å². The van der Waals surface area contributed by atoms with E-state index in [-0.39, 0.29) is 36.8 Å². The van der Waals surface area contributed by atoms with E-state index in [9.17, 15) is 4.79 Å². The largest absolute Gasteiger partial charge is 0.356 e. The van der Waals surface area contributed by atoms with Gasteiger partial charge in [-0.2, -0.15) is 0 Å². The molecule has 2 saturated heterocycles. The van der Waals surface area contributed by atoms with Crippen LogP contribution in [0.1, 0.15) is 36.0 Å². The molecule has 2 N–H and O–H groups in total. The Morgan fingerprint density at radius 2 is 1.91 bits per heavy atom. The first-order valence-corrected chi connectivity index (χ1v) is 7.56. The number of hydrogen-bond donors (Lipinski definition) is 2. The van der Waals surface area contributed by atoms with Crippen LogP contribution in [0.2, 0.25) is 0 Å². The molecule has 3 heterocycles. The first kappa shape index (κ1) is 19.0. The Morgan fingerprint density at radius 1 is 1.23 bits per heavy atom. The maximum Gasteiger partial charge on any atom is 0.255 e. The van der Waals surface area contributed by atoms with Crippen LogP contribution in [0.25, 0.3) is 0 Å². The normalized spacial score (nSPS) is 18.3. The molecule has 0 aromatic carbocycles. The van der Waals surface area contributed by atoms with Crippen LogP contribution in [0.3, 0.4) is 0 Å². The van der Waals surface area contributed by atoms with Gasteiger partial charge in [-0.1, -0.05) is 0 Å². The summed E-state index contributed by atoms with van der Waals surface area (Å²) in [5.41, 5.74) is 0.716. The van der Waals surface area contributed by atoms with Crippen molar-refractivity contribution in [3.05, 3.63) is 23.9 Å². The molecule has 0 radical (unpaired) electrons. The van der Waals surface area contributed by atoms with E-state index in [0.717, 1.165) is 44.8 Å². The minimum atomic E-state index is 0. The molecular weight excluding hydrogens is 323 g/mol. The fraction of sp³-hybridized carbons (Fsp3) is 0.600. The summed E-state index contributed by atoms with van der Waals surface area (Å²) in [5.74, 6) is 0.864. The second kappa shape index (κ2) is 9.18. The number of piperidine rings is 1. The highest BCUT2D eigenvalue weighted by Gasteiger charge is 2.22. The standard InChI is InChI=1S/C15H22N4O.2ClH/c20-15(18-12-5-8-16-9-6-12)13-4-3-7-17-14(13)19-10-1-2-11-19;;/h3-4,7,12,16H,1-2,5-6,8-11H2,(H,18,20);2*1H. The Labute approximate surface area is 144 Å². The number of hydrogen-bond acceptors (Lipinski definition) is 4. The van der Waals surface area contributed by atoms with E-state index in [1.54, 1.807) is 6.20 Å². The van der Waals surface area contributed by atoms with Crippen LogP contribution in [0.15, 0.2) is 18.3 Å². The molecule has 2 fully saturated rings. The van der Waals surface area contributed by atoms with Gasteiger partial charge >= 0.3 is 0 Å². The zero-order chi connectivity index (χ0) is 13.8. The van der Waals surface area contributed by atoms with Crippen LogP contribution in [0.5, 0.6) is 0 Å². The Hall–Kier alpha value is -1.04. The summed E-state index contributed by atoms with van der Waals surface area (Å²) >= 11 is 0. The van der Waals surface area contributed by atoms with Crippen molar-refractivity contribution in [3.8, 4) is 0 Å². The summed E-state index contributed by atoms with van der Waals surface area (Å²) in [6.07, 6.45) is 6.16. The number of pyridine rings is 1. The lowest BCUT2D eigenvalue weighted by Crippen LogP contribution is -2.43. The van der Waals surface area contributed by atoms with Gasteiger partial charge in [-0.15, -0.1) is 24.8 Å². The highest BCUT2D eigenvalue weighted by molar-refractivity contribution is 5.99. The quantitative estimate of drug-likeness (QED) is 0.878. The lowest BCUT2D eigenvalue weighted by atomic mass is 10.1. The van der Waals surface area contributed by atoms with Crippen LogP contribution >= 0.6 is 24.8 Å². The molecule has 0 saturated carbocycles. The Morgan fingerprint density at radius 3 is 2.59 bits per heavy atom. The van der Waals surface area contributed by atoms with Gasteiger partial charge in [0.1, 0.15) is 5.82 Å². The fourth-order valence-electron chi connectivity index (χ4n) is 2.98. The number of anilines is 1. The van der Waals surface area contributed by atoms with Gasteiger partial charge in [-0.3, -0.25) is 4.79 Å². The van der Waals surface area contributed by atoms with Crippen LogP contribution in [0.4, 0.5) is 5.82 Å². The van der Waals surface area contributed by atoms with Crippen molar-refractivity contribution in [2.45, 2.75) is 31.7 Å². The molecule has 1 aromatic rings. The summed E-state index contributed by atoms with van der Waals surface area (Å²) in [6.45, 7) is 3.98. The van der Waals surface area contributed by atoms with Crippen molar-refractivity contribution in [2.24, 2.45) is 0 Å².